The summed E-state index contributed by atoms with van der Waals surface area (Å²) < 4.78 is 0. The van der Waals surface area contributed by atoms with Crippen molar-refractivity contribution in [2.45, 2.75) is 0 Å². The van der Waals surface area contributed by atoms with Crippen molar-refractivity contribution in [1.82, 2.24) is 0 Å². The molecular formula is C16H14NO3S-. The number of aromatic carboxylic acids is 1. The standard InChI is InChI=1S/C16H15NO3S/c1-17(2)12-6-3-11(4-7-12)5-8-13(18)14-9-10-15(21-14)16(19)20/h3-10H,1-2H3,(H,19,20)/p-1/b8-5+. The molecule has 2 rings (SSSR count). The maximum Gasteiger partial charge on any atom is 0.195 e. The van der Waals surface area contributed by atoms with Gasteiger partial charge < -0.3 is 14.8 Å². The second-order valence-corrected chi connectivity index (χ2v) is 5.72. The van der Waals surface area contributed by atoms with E-state index in [1.807, 2.05) is 43.3 Å². The van der Waals surface area contributed by atoms with E-state index in [1.165, 1.54) is 18.2 Å². The van der Waals surface area contributed by atoms with Gasteiger partial charge in [0.15, 0.2) is 5.78 Å². The first-order valence-corrected chi connectivity index (χ1v) is 7.10. The number of carboxylic acid groups (broad SMARTS) is 1. The van der Waals surface area contributed by atoms with Gasteiger partial charge in [0.1, 0.15) is 0 Å². The summed E-state index contributed by atoms with van der Waals surface area (Å²) in [4.78, 5) is 25.0. The summed E-state index contributed by atoms with van der Waals surface area (Å²) in [7, 11) is 3.92. The van der Waals surface area contributed by atoms with Crippen molar-refractivity contribution in [1.29, 1.82) is 0 Å². The van der Waals surface area contributed by atoms with Gasteiger partial charge in [-0.25, -0.2) is 0 Å². The van der Waals surface area contributed by atoms with E-state index >= 15 is 0 Å². The number of carboxylic acids is 1. The lowest BCUT2D eigenvalue weighted by Crippen LogP contribution is -2.20. The summed E-state index contributed by atoms with van der Waals surface area (Å²) in [6.45, 7) is 0. The summed E-state index contributed by atoms with van der Waals surface area (Å²) in [6, 6.07) is 10.6. The molecule has 0 spiro atoms. The summed E-state index contributed by atoms with van der Waals surface area (Å²) in [5, 5.41) is 10.7. The van der Waals surface area contributed by atoms with E-state index in [-0.39, 0.29) is 10.7 Å². The minimum atomic E-state index is -1.26. The quantitative estimate of drug-likeness (QED) is 0.626. The number of carbonyl (C=O) groups excluding carboxylic acids is 2. The Morgan fingerprint density at radius 2 is 1.67 bits per heavy atom. The summed E-state index contributed by atoms with van der Waals surface area (Å²) in [5.74, 6) is -1.48. The molecule has 4 nitrogen and oxygen atoms in total. The van der Waals surface area contributed by atoms with Crippen LogP contribution < -0.4 is 10.0 Å². The van der Waals surface area contributed by atoms with Crippen LogP contribution in [0.1, 0.15) is 24.9 Å². The molecule has 0 amide bonds. The number of carbonyl (C=O) groups is 2. The van der Waals surface area contributed by atoms with Crippen molar-refractivity contribution in [3.63, 3.8) is 0 Å². The van der Waals surface area contributed by atoms with Crippen molar-refractivity contribution in [3.05, 3.63) is 57.8 Å². The molecular weight excluding hydrogens is 286 g/mol. The Hall–Kier alpha value is -2.40. The Bertz CT molecular complexity index is 684. The van der Waals surface area contributed by atoms with E-state index in [9.17, 15) is 14.7 Å². The lowest BCUT2D eigenvalue weighted by Gasteiger charge is -2.11. The van der Waals surface area contributed by atoms with E-state index in [2.05, 4.69) is 0 Å². The van der Waals surface area contributed by atoms with Gasteiger partial charge in [0.05, 0.1) is 15.7 Å². The van der Waals surface area contributed by atoms with E-state index in [4.69, 9.17) is 0 Å². The number of hydrogen-bond donors (Lipinski definition) is 0. The van der Waals surface area contributed by atoms with Gasteiger partial charge in [-0.15, -0.1) is 11.3 Å². The summed E-state index contributed by atoms with van der Waals surface area (Å²) in [6.07, 6.45) is 3.15. The second-order valence-electron chi connectivity index (χ2n) is 4.63. The Kier molecular flexibility index (Phi) is 4.55. The zero-order valence-corrected chi connectivity index (χ0v) is 12.5. The number of ketones is 1. The molecule has 5 heteroatoms. The molecule has 2 aromatic rings. The summed E-state index contributed by atoms with van der Waals surface area (Å²) in [5.41, 5.74) is 1.99. The molecule has 0 aliphatic rings. The molecule has 1 aromatic carbocycles. The molecule has 1 aromatic heterocycles. The van der Waals surface area contributed by atoms with Gasteiger partial charge in [-0.05, 0) is 35.9 Å². The number of allylic oxidation sites excluding steroid dienone is 1. The minimum Gasteiger partial charge on any atom is -0.544 e. The number of thiophene rings is 1. The Morgan fingerprint density at radius 3 is 2.19 bits per heavy atom. The second kappa shape index (κ2) is 6.37. The van der Waals surface area contributed by atoms with Gasteiger partial charge in [0.25, 0.3) is 0 Å². The predicted molar refractivity (Wildman–Crippen MR) is 82.8 cm³/mol. The van der Waals surface area contributed by atoms with Crippen LogP contribution in [-0.4, -0.2) is 25.8 Å². The van der Waals surface area contributed by atoms with Crippen LogP contribution in [0.15, 0.2) is 42.5 Å². The zero-order chi connectivity index (χ0) is 15.4. The largest absolute Gasteiger partial charge is 0.544 e. The number of anilines is 1. The van der Waals surface area contributed by atoms with Crippen LogP contribution in [0.3, 0.4) is 0 Å². The van der Waals surface area contributed by atoms with Crippen molar-refractivity contribution in [3.8, 4) is 0 Å². The third kappa shape index (κ3) is 3.79. The lowest BCUT2D eigenvalue weighted by molar-refractivity contribution is -0.254. The zero-order valence-electron chi connectivity index (χ0n) is 11.7. The van der Waals surface area contributed by atoms with Crippen LogP contribution in [-0.2, 0) is 0 Å². The molecule has 1 heterocycles. The Balaban J connectivity index is 2.09. The molecule has 0 N–H and O–H groups in total. The highest BCUT2D eigenvalue weighted by molar-refractivity contribution is 7.16. The van der Waals surface area contributed by atoms with Crippen LogP contribution in [0, 0.1) is 0 Å². The van der Waals surface area contributed by atoms with Gasteiger partial charge in [-0.2, -0.15) is 0 Å². The molecule has 0 aliphatic heterocycles. The predicted octanol–water partition coefficient (Wildman–Crippen LogP) is 2.07. The van der Waals surface area contributed by atoms with Crippen LogP contribution in [0.5, 0.6) is 0 Å². The van der Waals surface area contributed by atoms with Crippen molar-refractivity contribution in [2.75, 3.05) is 19.0 Å². The molecule has 0 bridgehead atoms. The highest BCUT2D eigenvalue weighted by Crippen LogP contribution is 2.18. The number of rotatable bonds is 5. The average molecular weight is 300 g/mol. The van der Waals surface area contributed by atoms with Crippen LogP contribution in [0.4, 0.5) is 5.69 Å². The van der Waals surface area contributed by atoms with E-state index in [1.54, 1.807) is 6.08 Å². The van der Waals surface area contributed by atoms with Crippen molar-refractivity contribution >= 4 is 34.9 Å². The Morgan fingerprint density at radius 1 is 1.05 bits per heavy atom. The maximum atomic E-state index is 11.9. The van der Waals surface area contributed by atoms with Crippen LogP contribution in [0.2, 0.25) is 0 Å². The average Bonchev–Trinajstić information content (AvgIpc) is 2.95. The number of nitrogens with zero attached hydrogens (tertiary/aromatic N) is 1. The SMILES string of the molecule is CN(C)c1ccc(/C=C/C(=O)c2ccc(C(=O)[O-])s2)cc1. The number of benzene rings is 1. The van der Waals surface area contributed by atoms with Crippen molar-refractivity contribution < 1.29 is 14.7 Å². The first kappa shape index (κ1) is 15.0. The van der Waals surface area contributed by atoms with Gasteiger partial charge >= 0.3 is 0 Å². The van der Waals surface area contributed by atoms with E-state index < -0.39 is 5.97 Å². The molecule has 21 heavy (non-hydrogen) atoms. The smallest absolute Gasteiger partial charge is 0.195 e. The fraction of sp³-hybridized carbons (Fsp3) is 0.125. The van der Waals surface area contributed by atoms with Crippen molar-refractivity contribution in [2.24, 2.45) is 0 Å². The molecule has 0 aliphatic carbocycles. The molecule has 0 fully saturated rings. The topological polar surface area (TPSA) is 60.4 Å². The first-order chi connectivity index (χ1) is 9.97. The molecule has 0 radical (unpaired) electrons. The molecule has 0 atom stereocenters. The third-order valence-corrected chi connectivity index (χ3v) is 3.97. The lowest BCUT2D eigenvalue weighted by atomic mass is 10.1. The highest BCUT2D eigenvalue weighted by Gasteiger charge is 2.06. The van der Waals surface area contributed by atoms with Gasteiger partial charge in [0, 0.05) is 19.8 Å². The van der Waals surface area contributed by atoms with Crippen LogP contribution in [0.25, 0.3) is 6.08 Å². The molecule has 108 valence electrons. The van der Waals surface area contributed by atoms with E-state index in [0.29, 0.717) is 4.88 Å². The third-order valence-electron chi connectivity index (χ3n) is 2.89. The minimum absolute atomic E-state index is 0.0575. The summed E-state index contributed by atoms with van der Waals surface area (Å²) >= 11 is 0.921. The monoisotopic (exact) mass is 300 g/mol. The van der Waals surface area contributed by atoms with Gasteiger partial charge in [0.2, 0.25) is 0 Å². The Labute approximate surface area is 127 Å². The van der Waals surface area contributed by atoms with Gasteiger partial charge in [-0.1, -0.05) is 18.2 Å². The normalized spacial score (nSPS) is 10.8. The maximum absolute atomic E-state index is 11.9. The molecule has 0 unspecified atom stereocenters. The fourth-order valence-corrected chi connectivity index (χ4v) is 2.48. The number of hydrogen-bond acceptors (Lipinski definition) is 5. The highest BCUT2D eigenvalue weighted by atomic mass is 32.1. The fourth-order valence-electron chi connectivity index (χ4n) is 1.72. The molecule has 0 saturated carbocycles. The molecule has 0 saturated heterocycles. The van der Waals surface area contributed by atoms with Crippen LogP contribution >= 0.6 is 11.3 Å². The van der Waals surface area contributed by atoms with Gasteiger partial charge in [-0.3, -0.25) is 4.79 Å². The van der Waals surface area contributed by atoms with E-state index in [0.717, 1.165) is 22.6 Å². The first-order valence-electron chi connectivity index (χ1n) is 6.28.